The average molecular weight is 199 g/mol. The number of fused-ring (bicyclic) bond motifs is 3. The lowest BCUT2D eigenvalue weighted by Gasteiger charge is -2.29. The van der Waals surface area contributed by atoms with Gasteiger partial charge in [0.1, 0.15) is 0 Å². The van der Waals surface area contributed by atoms with Gasteiger partial charge in [0.05, 0.1) is 23.1 Å². The molecule has 1 aromatic heterocycles. The predicted octanol–water partition coefficient (Wildman–Crippen LogP) is 2.10. The molecule has 1 aromatic carbocycles. The molecule has 0 amide bonds. The van der Waals surface area contributed by atoms with Crippen LogP contribution in [0.4, 0.5) is 11.4 Å². The van der Waals surface area contributed by atoms with Crippen molar-refractivity contribution in [1.29, 1.82) is 0 Å². The second-order valence-electron chi connectivity index (χ2n) is 3.89. The molecule has 0 atom stereocenters. The van der Waals surface area contributed by atoms with E-state index in [4.69, 9.17) is 0 Å². The highest BCUT2D eigenvalue weighted by atomic mass is 15.2. The van der Waals surface area contributed by atoms with Crippen LogP contribution in [0.3, 0.4) is 0 Å². The summed E-state index contributed by atoms with van der Waals surface area (Å²) in [6.45, 7) is 2.03. The van der Waals surface area contributed by atoms with Crippen molar-refractivity contribution >= 4 is 22.3 Å². The van der Waals surface area contributed by atoms with Gasteiger partial charge in [-0.15, -0.1) is 0 Å². The van der Waals surface area contributed by atoms with Gasteiger partial charge < -0.3 is 10.2 Å². The van der Waals surface area contributed by atoms with Crippen LogP contribution < -0.4 is 10.2 Å². The van der Waals surface area contributed by atoms with E-state index in [1.807, 2.05) is 12.3 Å². The number of hydrogen-bond donors (Lipinski definition) is 1. The maximum Gasteiger partial charge on any atom is 0.0771 e. The summed E-state index contributed by atoms with van der Waals surface area (Å²) in [7, 11) is 2.13. The average Bonchev–Trinajstić information content (AvgIpc) is 2.29. The third-order valence-electron chi connectivity index (χ3n) is 2.89. The Hall–Kier alpha value is -1.77. The van der Waals surface area contributed by atoms with Gasteiger partial charge in [0.25, 0.3) is 0 Å². The van der Waals surface area contributed by atoms with Crippen LogP contribution in [0.1, 0.15) is 0 Å². The number of likely N-dealkylation sites (N-methyl/N-ethyl adjacent to an activating group) is 1. The van der Waals surface area contributed by atoms with Crippen molar-refractivity contribution in [1.82, 2.24) is 4.98 Å². The zero-order valence-electron chi connectivity index (χ0n) is 8.70. The molecule has 0 saturated heterocycles. The van der Waals surface area contributed by atoms with Gasteiger partial charge in [0.15, 0.2) is 0 Å². The molecule has 3 rings (SSSR count). The fourth-order valence-electron chi connectivity index (χ4n) is 2.14. The Balaban J connectivity index is 2.35. The van der Waals surface area contributed by atoms with Crippen molar-refractivity contribution in [2.24, 2.45) is 0 Å². The van der Waals surface area contributed by atoms with E-state index in [0.29, 0.717) is 0 Å². The van der Waals surface area contributed by atoms with E-state index in [-0.39, 0.29) is 0 Å². The number of para-hydroxylation sites is 1. The van der Waals surface area contributed by atoms with Crippen LogP contribution in [0.15, 0.2) is 30.5 Å². The Labute approximate surface area is 88.7 Å². The summed E-state index contributed by atoms with van der Waals surface area (Å²) in [6, 6.07) is 8.27. The maximum atomic E-state index is 4.44. The largest absolute Gasteiger partial charge is 0.380 e. The van der Waals surface area contributed by atoms with E-state index in [1.165, 1.54) is 11.1 Å². The third-order valence-corrected chi connectivity index (χ3v) is 2.89. The first-order valence-corrected chi connectivity index (χ1v) is 5.19. The molecule has 1 aliphatic rings. The van der Waals surface area contributed by atoms with Crippen LogP contribution in [-0.4, -0.2) is 25.1 Å². The summed E-state index contributed by atoms with van der Waals surface area (Å²) >= 11 is 0. The van der Waals surface area contributed by atoms with Gasteiger partial charge in [0, 0.05) is 25.5 Å². The molecular formula is C12H13N3. The van der Waals surface area contributed by atoms with Crippen molar-refractivity contribution in [2.75, 3.05) is 30.4 Å². The highest BCUT2D eigenvalue weighted by Crippen LogP contribution is 2.34. The van der Waals surface area contributed by atoms with Gasteiger partial charge in [-0.2, -0.15) is 0 Å². The van der Waals surface area contributed by atoms with E-state index in [0.717, 1.165) is 24.3 Å². The summed E-state index contributed by atoms with van der Waals surface area (Å²) in [4.78, 5) is 6.73. The van der Waals surface area contributed by atoms with Gasteiger partial charge in [0.2, 0.25) is 0 Å². The lowest BCUT2D eigenvalue weighted by atomic mass is 10.1. The standard InChI is InChI=1S/C12H13N3/c1-15-7-6-13-11-8-14-10-5-3-2-4-9(10)12(11)15/h2-5,8,13H,6-7H2,1H3. The number of rotatable bonds is 0. The number of nitrogens with zero attached hydrogens (tertiary/aromatic N) is 2. The maximum absolute atomic E-state index is 4.44. The Bertz CT molecular complexity index is 507. The highest BCUT2D eigenvalue weighted by Gasteiger charge is 2.16. The quantitative estimate of drug-likeness (QED) is 0.704. The molecule has 0 saturated carbocycles. The van der Waals surface area contributed by atoms with E-state index < -0.39 is 0 Å². The van der Waals surface area contributed by atoms with E-state index in [9.17, 15) is 0 Å². The van der Waals surface area contributed by atoms with E-state index >= 15 is 0 Å². The first-order chi connectivity index (χ1) is 7.36. The smallest absolute Gasteiger partial charge is 0.0771 e. The normalized spacial score (nSPS) is 14.9. The number of anilines is 2. The Morgan fingerprint density at radius 2 is 2.20 bits per heavy atom. The third kappa shape index (κ3) is 1.23. The number of aromatic nitrogens is 1. The SMILES string of the molecule is CN1CCNc2cnc3ccccc3c21. The van der Waals surface area contributed by atoms with Crippen molar-refractivity contribution < 1.29 is 0 Å². The minimum Gasteiger partial charge on any atom is -0.380 e. The summed E-state index contributed by atoms with van der Waals surface area (Å²) in [5.41, 5.74) is 3.47. The molecule has 0 bridgehead atoms. The molecule has 0 aliphatic carbocycles. The monoisotopic (exact) mass is 199 g/mol. The minimum atomic E-state index is 0.990. The summed E-state index contributed by atoms with van der Waals surface area (Å²) in [6.07, 6.45) is 1.92. The molecule has 1 aliphatic heterocycles. The van der Waals surface area contributed by atoms with Crippen LogP contribution in [0, 0.1) is 0 Å². The van der Waals surface area contributed by atoms with E-state index in [2.05, 4.69) is 40.4 Å². The van der Waals surface area contributed by atoms with Gasteiger partial charge in [-0.3, -0.25) is 4.98 Å². The summed E-state index contributed by atoms with van der Waals surface area (Å²) in [5.74, 6) is 0. The molecule has 15 heavy (non-hydrogen) atoms. The lowest BCUT2D eigenvalue weighted by Crippen LogP contribution is -2.30. The zero-order chi connectivity index (χ0) is 10.3. The summed E-state index contributed by atoms with van der Waals surface area (Å²) in [5, 5.41) is 4.61. The van der Waals surface area contributed by atoms with E-state index in [1.54, 1.807) is 0 Å². The lowest BCUT2D eigenvalue weighted by molar-refractivity contribution is 0.889. The molecule has 3 nitrogen and oxygen atoms in total. The molecule has 2 aromatic rings. The summed E-state index contributed by atoms with van der Waals surface area (Å²) < 4.78 is 0. The minimum absolute atomic E-state index is 0.990. The molecule has 1 N–H and O–H groups in total. The Morgan fingerprint density at radius 3 is 3.13 bits per heavy atom. The molecule has 0 fully saturated rings. The molecule has 0 radical (unpaired) electrons. The fraction of sp³-hybridized carbons (Fsp3) is 0.250. The number of benzene rings is 1. The second-order valence-corrected chi connectivity index (χ2v) is 3.89. The zero-order valence-corrected chi connectivity index (χ0v) is 8.70. The Kier molecular flexibility index (Phi) is 1.78. The number of hydrogen-bond acceptors (Lipinski definition) is 3. The molecule has 0 unspecified atom stereocenters. The van der Waals surface area contributed by atoms with Gasteiger partial charge in [-0.25, -0.2) is 0 Å². The van der Waals surface area contributed by atoms with Crippen molar-refractivity contribution in [2.45, 2.75) is 0 Å². The van der Waals surface area contributed by atoms with Crippen LogP contribution in [0.5, 0.6) is 0 Å². The first kappa shape index (κ1) is 8.53. The molecule has 0 spiro atoms. The second kappa shape index (κ2) is 3.12. The predicted molar refractivity (Wildman–Crippen MR) is 63.5 cm³/mol. The van der Waals surface area contributed by atoms with Crippen LogP contribution >= 0.6 is 0 Å². The first-order valence-electron chi connectivity index (χ1n) is 5.19. The molecule has 76 valence electrons. The Morgan fingerprint density at radius 1 is 1.33 bits per heavy atom. The molecule has 2 heterocycles. The van der Waals surface area contributed by atoms with Crippen molar-refractivity contribution in [3.63, 3.8) is 0 Å². The fourth-order valence-corrected chi connectivity index (χ4v) is 2.14. The van der Waals surface area contributed by atoms with Gasteiger partial charge >= 0.3 is 0 Å². The number of pyridine rings is 1. The van der Waals surface area contributed by atoms with Crippen LogP contribution in [0.25, 0.3) is 10.9 Å². The highest BCUT2D eigenvalue weighted by molar-refractivity contribution is 5.98. The van der Waals surface area contributed by atoms with Gasteiger partial charge in [-0.05, 0) is 6.07 Å². The van der Waals surface area contributed by atoms with Crippen LogP contribution in [0.2, 0.25) is 0 Å². The van der Waals surface area contributed by atoms with Gasteiger partial charge in [-0.1, -0.05) is 18.2 Å². The van der Waals surface area contributed by atoms with Crippen molar-refractivity contribution in [3.8, 4) is 0 Å². The number of nitrogens with one attached hydrogen (secondary N) is 1. The molecule has 3 heteroatoms. The molecular weight excluding hydrogens is 186 g/mol. The topological polar surface area (TPSA) is 28.2 Å². The van der Waals surface area contributed by atoms with Crippen LogP contribution in [-0.2, 0) is 0 Å². The van der Waals surface area contributed by atoms with Crippen molar-refractivity contribution in [3.05, 3.63) is 30.5 Å².